The van der Waals surface area contributed by atoms with Crippen molar-refractivity contribution < 1.29 is 19.8 Å². The first-order valence-corrected chi connectivity index (χ1v) is 6.42. The maximum atomic E-state index is 10.6. The van der Waals surface area contributed by atoms with E-state index in [0.29, 0.717) is 17.8 Å². The van der Waals surface area contributed by atoms with E-state index in [0.717, 1.165) is 18.5 Å². The Balaban J connectivity index is 2.17. The van der Waals surface area contributed by atoms with E-state index in [2.05, 4.69) is 5.32 Å². The molecule has 0 fully saturated rings. The number of carboxylic acids is 2. The van der Waals surface area contributed by atoms with Gasteiger partial charge < -0.3 is 21.3 Å². The summed E-state index contributed by atoms with van der Waals surface area (Å²) in [4.78, 5) is 21.4. The minimum absolute atomic E-state index is 0.297. The van der Waals surface area contributed by atoms with E-state index in [1.165, 1.54) is 11.3 Å². The zero-order chi connectivity index (χ0) is 13.5. The van der Waals surface area contributed by atoms with E-state index >= 15 is 0 Å². The summed E-state index contributed by atoms with van der Waals surface area (Å²) in [6.07, 6.45) is 1.96. The summed E-state index contributed by atoms with van der Waals surface area (Å²) in [5.41, 5.74) is 6.14. The molecular weight excluding hydrogens is 256 g/mol. The summed E-state index contributed by atoms with van der Waals surface area (Å²) in [5, 5.41) is 22.1. The third-order valence-corrected chi connectivity index (χ3v) is 3.32. The first-order chi connectivity index (χ1) is 8.50. The fourth-order valence-corrected chi connectivity index (χ4v) is 2.09. The summed E-state index contributed by atoms with van der Waals surface area (Å²) in [6.45, 7) is 0.669. The number of hydrogen-bond acceptors (Lipinski definition) is 5. The van der Waals surface area contributed by atoms with E-state index in [-0.39, 0.29) is 0 Å². The molecule has 1 aromatic heterocycles. The molecule has 0 amide bonds. The van der Waals surface area contributed by atoms with Crippen LogP contribution in [0.4, 0.5) is 5.69 Å². The van der Waals surface area contributed by atoms with Gasteiger partial charge in [0.05, 0.1) is 0 Å². The lowest BCUT2D eigenvalue weighted by molar-refractivity contribution is -0.138. The monoisotopic (exact) mass is 272 g/mol. The highest BCUT2D eigenvalue weighted by Crippen LogP contribution is 2.19. The van der Waals surface area contributed by atoms with Crippen LogP contribution in [0.1, 0.15) is 28.9 Å². The van der Waals surface area contributed by atoms with Crippen molar-refractivity contribution in [3.05, 3.63) is 16.3 Å². The SMILES string of the molecule is N[C@@H](CCCCNc1csc(C(=O)O)c1)C(=O)O. The van der Waals surface area contributed by atoms with Gasteiger partial charge in [0.15, 0.2) is 0 Å². The number of thiophene rings is 1. The lowest BCUT2D eigenvalue weighted by Gasteiger charge is -2.06. The standard InChI is InChI=1S/C11H16N2O4S/c12-8(10(14)15)3-1-2-4-13-7-5-9(11(16)17)18-6-7/h5-6,8,13H,1-4,12H2,(H,14,15)(H,16,17)/t8-/m0/s1. The molecule has 0 aromatic carbocycles. The van der Waals surface area contributed by atoms with Crippen molar-refractivity contribution in [3.8, 4) is 0 Å². The Kier molecular flexibility index (Phi) is 5.60. The van der Waals surface area contributed by atoms with Crippen molar-refractivity contribution in [2.24, 2.45) is 5.73 Å². The number of nitrogens with two attached hydrogens (primary N) is 1. The van der Waals surface area contributed by atoms with E-state index in [9.17, 15) is 9.59 Å². The van der Waals surface area contributed by atoms with Gasteiger partial charge in [0.1, 0.15) is 10.9 Å². The molecule has 1 rings (SSSR count). The summed E-state index contributed by atoms with van der Waals surface area (Å²) in [5.74, 6) is -1.91. The van der Waals surface area contributed by atoms with Crippen molar-refractivity contribution in [2.75, 3.05) is 11.9 Å². The molecule has 0 aliphatic rings. The summed E-state index contributed by atoms with van der Waals surface area (Å²) >= 11 is 1.17. The van der Waals surface area contributed by atoms with E-state index < -0.39 is 18.0 Å². The van der Waals surface area contributed by atoms with Crippen molar-refractivity contribution in [1.29, 1.82) is 0 Å². The van der Waals surface area contributed by atoms with E-state index in [1.807, 2.05) is 0 Å². The molecule has 0 saturated carbocycles. The number of carboxylic acid groups (broad SMARTS) is 2. The minimum Gasteiger partial charge on any atom is -0.480 e. The van der Waals surface area contributed by atoms with Crippen molar-refractivity contribution in [3.63, 3.8) is 0 Å². The van der Waals surface area contributed by atoms with Crippen LogP contribution in [0.3, 0.4) is 0 Å². The smallest absolute Gasteiger partial charge is 0.345 e. The van der Waals surface area contributed by atoms with Crippen molar-refractivity contribution >= 4 is 29.0 Å². The molecule has 1 atom stereocenters. The lowest BCUT2D eigenvalue weighted by atomic mass is 10.1. The lowest BCUT2D eigenvalue weighted by Crippen LogP contribution is -2.29. The van der Waals surface area contributed by atoms with Gasteiger partial charge >= 0.3 is 11.9 Å². The number of hydrogen-bond donors (Lipinski definition) is 4. The highest BCUT2D eigenvalue weighted by Gasteiger charge is 2.10. The molecule has 7 heteroatoms. The van der Waals surface area contributed by atoms with Gasteiger partial charge in [0.25, 0.3) is 0 Å². The molecule has 100 valence electrons. The highest BCUT2D eigenvalue weighted by atomic mass is 32.1. The van der Waals surface area contributed by atoms with Crippen LogP contribution in [-0.2, 0) is 4.79 Å². The second-order valence-electron chi connectivity index (χ2n) is 3.87. The maximum absolute atomic E-state index is 10.6. The summed E-state index contributed by atoms with van der Waals surface area (Å²) in [7, 11) is 0. The van der Waals surface area contributed by atoms with Crippen LogP contribution in [0.25, 0.3) is 0 Å². The Morgan fingerprint density at radius 2 is 2.11 bits per heavy atom. The van der Waals surface area contributed by atoms with Gasteiger partial charge in [-0.15, -0.1) is 11.3 Å². The number of carbonyl (C=O) groups is 2. The Labute approximate surface area is 108 Å². The first-order valence-electron chi connectivity index (χ1n) is 5.55. The molecule has 1 heterocycles. The van der Waals surface area contributed by atoms with Gasteiger partial charge in [0.2, 0.25) is 0 Å². The van der Waals surface area contributed by atoms with Crippen LogP contribution in [-0.4, -0.2) is 34.7 Å². The molecule has 0 bridgehead atoms. The fourth-order valence-electron chi connectivity index (χ4n) is 1.39. The van der Waals surface area contributed by atoms with Gasteiger partial charge in [-0.1, -0.05) is 0 Å². The Hall–Kier alpha value is -1.60. The highest BCUT2D eigenvalue weighted by molar-refractivity contribution is 7.12. The van der Waals surface area contributed by atoms with E-state index in [4.69, 9.17) is 15.9 Å². The second kappa shape index (κ2) is 6.97. The zero-order valence-electron chi connectivity index (χ0n) is 9.76. The van der Waals surface area contributed by atoms with Crippen LogP contribution < -0.4 is 11.1 Å². The van der Waals surface area contributed by atoms with Gasteiger partial charge in [-0.3, -0.25) is 4.79 Å². The van der Waals surface area contributed by atoms with Crippen molar-refractivity contribution in [1.82, 2.24) is 0 Å². The molecular formula is C11H16N2O4S. The predicted molar refractivity (Wildman–Crippen MR) is 69.2 cm³/mol. The fraction of sp³-hybridized carbons (Fsp3) is 0.455. The molecule has 0 aliphatic heterocycles. The summed E-state index contributed by atoms with van der Waals surface area (Å²) < 4.78 is 0. The number of anilines is 1. The second-order valence-corrected chi connectivity index (χ2v) is 4.78. The van der Waals surface area contributed by atoms with Gasteiger partial charge in [0, 0.05) is 17.6 Å². The largest absolute Gasteiger partial charge is 0.480 e. The minimum atomic E-state index is -0.980. The van der Waals surface area contributed by atoms with Crippen LogP contribution in [0, 0.1) is 0 Å². The number of nitrogens with one attached hydrogen (secondary N) is 1. The zero-order valence-corrected chi connectivity index (χ0v) is 10.6. The normalized spacial score (nSPS) is 12.1. The number of rotatable bonds is 8. The molecule has 18 heavy (non-hydrogen) atoms. The quantitative estimate of drug-likeness (QED) is 0.533. The number of unbranched alkanes of at least 4 members (excludes halogenated alkanes) is 1. The molecule has 0 unspecified atom stereocenters. The van der Waals surface area contributed by atoms with E-state index in [1.54, 1.807) is 11.4 Å². The molecule has 6 nitrogen and oxygen atoms in total. The van der Waals surface area contributed by atoms with Gasteiger partial charge in [-0.05, 0) is 25.3 Å². The third-order valence-electron chi connectivity index (χ3n) is 2.40. The molecule has 1 aromatic rings. The Morgan fingerprint density at radius 1 is 1.39 bits per heavy atom. The van der Waals surface area contributed by atoms with Gasteiger partial charge in [-0.25, -0.2) is 4.79 Å². The average molecular weight is 272 g/mol. The molecule has 5 N–H and O–H groups in total. The topological polar surface area (TPSA) is 113 Å². The maximum Gasteiger partial charge on any atom is 0.345 e. The Bertz CT molecular complexity index is 419. The molecule has 0 spiro atoms. The number of aromatic carboxylic acids is 1. The van der Waals surface area contributed by atoms with Crippen LogP contribution >= 0.6 is 11.3 Å². The Morgan fingerprint density at radius 3 is 2.67 bits per heavy atom. The third kappa shape index (κ3) is 4.72. The number of aliphatic carboxylic acids is 1. The average Bonchev–Trinajstić information content (AvgIpc) is 2.77. The van der Waals surface area contributed by atoms with Crippen molar-refractivity contribution in [2.45, 2.75) is 25.3 Å². The molecule has 0 aliphatic carbocycles. The van der Waals surface area contributed by atoms with Crippen LogP contribution in [0.15, 0.2) is 11.4 Å². The molecule has 0 saturated heterocycles. The predicted octanol–water partition coefficient (Wildman–Crippen LogP) is 1.44. The molecule has 0 radical (unpaired) electrons. The first kappa shape index (κ1) is 14.5. The van der Waals surface area contributed by atoms with Crippen LogP contribution in [0.2, 0.25) is 0 Å². The van der Waals surface area contributed by atoms with Gasteiger partial charge in [-0.2, -0.15) is 0 Å². The van der Waals surface area contributed by atoms with Crippen LogP contribution in [0.5, 0.6) is 0 Å². The summed E-state index contributed by atoms with van der Waals surface area (Å²) in [6, 6.07) is 0.778.